The Balaban J connectivity index is 2.35. The van der Waals surface area contributed by atoms with Crippen LogP contribution in [-0.2, 0) is 9.59 Å². The maximum atomic E-state index is 13.0. The highest BCUT2D eigenvalue weighted by Gasteiger charge is 2.38. The van der Waals surface area contributed by atoms with E-state index in [1.54, 1.807) is 12.1 Å². The molecule has 5 heteroatoms. The number of nitrogens with zero attached hydrogens (tertiary/aromatic N) is 1. The summed E-state index contributed by atoms with van der Waals surface area (Å²) in [6.07, 6.45) is 3.41. The highest BCUT2D eigenvalue weighted by molar-refractivity contribution is 5.85. The van der Waals surface area contributed by atoms with E-state index in [0.717, 1.165) is 12.0 Å². The molecule has 1 amide bonds. The van der Waals surface area contributed by atoms with Crippen LogP contribution in [-0.4, -0.2) is 27.9 Å². The molecule has 1 aliphatic rings. The smallest absolute Gasteiger partial charge is 0.326 e. The second-order valence-corrected chi connectivity index (χ2v) is 5.15. The van der Waals surface area contributed by atoms with Crippen molar-refractivity contribution >= 4 is 11.9 Å². The molecule has 2 atom stereocenters. The molecule has 2 rings (SSSR count). The first-order valence-corrected chi connectivity index (χ1v) is 6.95. The average Bonchev–Trinajstić information content (AvgIpc) is 2.47. The molecule has 0 aromatic heterocycles. The van der Waals surface area contributed by atoms with Crippen LogP contribution in [0.2, 0.25) is 0 Å². The number of hydrogen-bond acceptors (Lipinski definition) is 2. The Bertz CT molecular complexity index is 541. The maximum absolute atomic E-state index is 13.0. The van der Waals surface area contributed by atoms with Gasteiger partial charge >= 0.3 is 5.97 Å². The van der Waals surface area contributed by atoms with Gasteiger partial charge in [0.05, 0.1) is 6.04 Å². The van der Waals surface area contributed by atoms with Gasteiger partial charge in [0.2, 0.25) is 5.91 Å². The molecule has 1 aromatic rings. The van der Waals surface area contributed by atoms with E-state index in [0.29, 0.717) is 12.8 Å². The normalized spacial score (nSPS) is 21.9. The number of piperidine rings is 1. The van der Waals surface area contributed by atoms with Crippen LogP contribution in [0.4, 0.5) is 4.39 Å². The van der Waals surface area contributed by atoms with E-state index < -0.39 is 12.0 Å². The maximum Gasteiger partial charge on any atom is 0.326 e. The summed E-state index contributed by atoms with van der Waals surface area (Å²) in [7, 11) is 0. The second-order valence-electron chi connectivity index (χ2n) is 5.15. The zero-order valence-corrected chi connectivity index (χ0v) is 11.7. The fourth-order valence-electron chi connectivity index (χ4n) is 2.83. The number of carbonyl (C=O) groups is 2. The minimum absolute atomic E-state index is 0.0987. The van der Waals surface area contributed by atoms with Gasteiger partial charge in [0.1, 0.15) is 11.9 Å². The van der Waals surface area contributed by atoms with Gasteiger partial charge in [-0.3, -0.25) is 4.79 Å². The van der Waals surface area contributed by atoms with Crippen molar-refractivity contribution in [2.75, 3.05) is 0 Å². The minimum atomic E-state index is -1.00. The Morgan fingerprint density at radius 3 is 2.57 bits per heavy atom. The molecule has 0 spiro atoms. The van der Waals surface area contributed by atoms with Crippen LogP contribution in [0.3, 0.4) is 0 Å². The summed E-state index contributed by atoms with van der Waals surface area (Å²) in [6, 6.07) is 4.72. The SMILES string of the molecule is C=CCC(=O)N1[C@@H](C(=O)O)CCC[C@H]1c1ccc(F)cc1. The number of carbonyl (C=O) groups excluding carboxylic acids is 1. The molecule has 1 heterocycles. The van der Waals surface area contributed by atoms with Crippen molar-refractivity contribution < 1.29 is 19.1 Å². The number of aliphatic carboxylic acids is 1. The lowest BCUT2D eigenvalue weighted by Gasteiger charge is -2.40. The summed E-state index contributed by atoms with van der Waals surface area (Å²) in [5.41, 5.74) is 0.764. The molecule has 0 saturated carbocycles. The standard InChI is InChI=1S/C16H18FNO3/c1-2-4-15(19)18-13(5-3-6-14(18)16(20)21)11-7-9-12(17)10-8-11/h2,7-10,13-14H,1,3-6H2,(H,20,21)/t13-,14+/m0/s1. The molecule has 0 aliphatic carbocycles. The summed E-state index contributed by atoms with van der Waals surface area (Å²) in [5.74, 6) is -1.61. The highest BCUT2D eigenvalue weighted by Crippen LogP contribution is 2.35. The third kappa shape index (κ3) is 3.29. The van der Waals surface area contributed by atoms with Crippen LogP contribution >= 0.6 is 0 Å². The zero-order chi connectivity index (χ0) is 15.4. The fourth-order valence-corrected chi connectivity index (χ4v) is 2.83. The largest absolute Gasteiger partial charge is 0.480 e. The number of hydrogen-bond donors (Lipinski definition) is 1. The molecule has 4 nitrogen and oxygen atoms in total. The van der Waals surface area contributed by atoms with E-state index in [1.165, 1.54) is 23.1 Å². The molecule has 1 saturated heterocycles. The Morgan fingerprint density at radius 1 is 1.33 bits per heavy atom. The van der Waals surface area contributed by atoms with Gasteiger partial charge in [0.25, 0.3) is 0 Å². The molecular formula is C16H18FNO3. The third-order valence-electron chi connectivity index (χ3n) is 3.77. The molecule has 0 unspecified atom stereocenters. The third-order valence-corrected chi connectivity index (χ3v) is 3.77. The van der Waals surface area contributed by atoms with Gasteiger partial charge in [-0.15, -0.1) is 6.58 Å². The van der Waals surface area contributed by atoms with E-state index in [2.05, 4.69) is 6.58 Å². The van der Waals surface area contributed by atoms with Gasteiger partial charge in [-0.25, -0.2) is 9.18 Å². The van der Waals surface area contributed by atoms with Gasteiger partial charge in [-0.05, 0) is 37.0 Å². The molecule has 0 radical (unpaired) electrons. The number of benzene rings is 1. The summed E-state index contributed by atoms with van der Waals surface area (Å²) in [4.78, 5) is 25.1. The first-order valence-electron chi connectivity index (χ1n) is 6.95. The molecule has 1 N–H and O–H groups in total. The monoisotopic (exact) mass is 291 g/mol. The Hall–Kier alpha value is -2.17. The van der Waals surface area contributed by atoms with Crippen LogP contribution in [0.5, 0.6) is 0 Å². The number of carboxylic acid groups (broad SMARTS) is 1. The average molecular weight is 291 g/mol. The summed E-state index contributed by atoms with van der Waals surface area (Å²) in [5, 5.41) is 9.35. The van der Waals surface area contributed by atoms with E-state index in [9.17, 15) is 19.1 Å². The summed E-state index contributed by atoms with van der Waals surface area (Å²) in [6.45, 7) is 3.53. The Kier molecular flexibility index (Phi) is 4.73. The Morgan fingerprint density at radius 2 is 2.00 bits per heavy atom. The predicted octanol–water partition coefficient (Wildman–Crippen LogP) is 2.91. The molecule has 21 heavy (non-hydrogen) atoms. The van der Waals surface area contributed by atoms with Crippen molar-refractivity contribution in [3.63, 3.8) is 0 Å². The molecule has 0 bridgehead atoms. The van der Waals surface area contributed by atoms with Gasteiger partial charge < -0.3 is 10.0 Å². The van der Waals surface area contributed by atoms with Crippen LogP contribution in [0.1, 0.15) is 37.3 Å². The second kappa shape index (κ2) is 6.52. The number of amides is 1. The van der Waals surface area contributed by atoms with Crippen molar-refractivity contribution in [2.24, 2.45) is 0 Å². The van der Waals surface area contributed by atoms with Crippen molar-refractivity contribution in [1.82, 2.24) is 4.90 Å². The number of carboxylic acids is 1. The van der Waals surface area contributed by atoms with Crippen molar-refractivity contribution in [3.05, 3.63) is 48.3 Å². The summed E-state index contributed by atoms with van der Waals surface area (Å²) < 4.78 is 13.0. The van der Waals surface area contributed by atoms with Crippen LogP contribution < -0.4 is 0 Å². The van der Waals surface area contributed by atoms with Gasteiger partial charge in [-0.1, -0.05) is 18.2 Å². The predicted molar refractivity (Wildman–Crippen MR) is 76.1 cm³/mol. The first-order chi connectivity index (χ1) is 10.0. The van der Waals surface area contributed by atoms with Crippen LogP contribution in [0.25, 0.3) is 0 Å². The summed E-state index contributed by atoms with van der Waals surface area (Å²) >= 11 is 0. The number of rotatable bonds is 4. The van der Waals surface area contributed by atoms with Crippen LogP contribution in [0, 0.1) is 5.82 Å². The van der Waals surface area contributed by atoms with Gasteiger partial charge in [-0.2, -0.15) is 0 Å². The topological polar surface area (TPSA) is 57.6 Å². The number of likely N-dealkylation sites (tertiary alicyclic amines) is 1. The molecular weight excluding hydrogens is 273 g/mol. The van der Waals surface area contributed by atoms with E-state index in [4.69, 9.17) is 0 Å². The van der Waals surface area contributed by atoms with Crippen molar-refractivity contribution in [3.8, 4) is 0 Å². The number of halogens is 1. The molecule has 1 aromatic carbocycles. The zero-order valence-electron chi connectivity index (χ0n) is 11.7. The van der Waals surface area contributed by atoms with E-state index in [-0.39, 0.29) is 24.2 Å². The first kappa shape index (κ1) is 15.2. The van der Waals surface area contributed by atoms with Crippen molar-refractivity contribution in [1.29, 1.82) is 0 Å². The lowest BCUT2D eigenvalue weighted by Crippen LogP contribution is -2.49. The van der Waals surface area contributed by atoms with Crippen molar-refractivity contribution in [2.45, 2.75) is 37.8 Å². The molecule has 112 valence electrons. The van der Waals surface area contributed by atoms with E-state index in [1.807, 2.05) is 0 Å². The lowest BCUT2D eigenvalue weighted by molar-refractivity contribution is -0.154. The minimum Gasteiger partial charge on any atom is -0.480 e. The lowest BCUT2D eigenvalue weighted by atomic mass is 9.90. The van der Waals surface area contributed by atoms with Gasteiger partial charge in [0.15, 0.2) is 0 Å². The molecule has 1 aliphatic heterocycles. The van der Waals surface area contributed by atoms with Crippen LogP contribution in [0.15, 0.2) is 36.9 Å². The quantitative estimate of drug-likeness (QED) is 0.868. The Labute approximate surface area is 122 Å². The fraction of sp³-hybridized carbons (Fsp3) is 0.375. The highest BCUT2D eigenvalue weighted by atomic mass is 19.1. The molecule has 1 fully saturated rings. The van der Waals surface area contributed by atoms with E-state index >= 15 is 0 Å². The van der Waals surface area contributed by atoms with Gasteiger partial charge in [0, 0.05) is 6.42 Å².